The zero-order chi connectivity index (χ0) is 16.5. The lowest BCUT2D eigenvalue weighted by molar-refractivity contribution is 0.0563. The number of fused-ring (bicyclic) bond motifs is 1. The number of likely N-dealkylation sites (tertiary alicyclic amines) is 1. The van der Waals surface area contributed by atoms with Gasteiger partial charge in [-0.25, -0.2) is 0 Å². The lowest BCUT2D eigenvalue weighted by Gasteiger charge is -2.33. The lowest BCUT2D eigenvalue weighted by atomic mass is 10.0. The Morgan fingerprint density at radius 3 is 3.08 bits per heavy atom. The van der Waals surface area contributed by atoms with Gasteiger partial charge >= 0.3 is 0 Å². The first-order valence-corrected chi connectivity index (χ1v) is 8.47. The van der Waals surface area contributed by atoms with E-state index in [0.29, 0.717) is 23.8 Å². The summed E-state index contributed by atoms with van der Waals surface area (Å²) in [5.41, 5.74) is 1.67. The minimum absolute atomic E-state index is 0.0217. The molecule has 0 saturated carbocycles. The number of amides is 1. The summed E-state index contributed by atoms with van der Waals surface area (Å²) in [6.07, 6.45) is 5.45. The van der Waals surface area contributed by atoms with Gasteiger partial charge < -0.3 is 14.4 Å². The molecule has 1 aliphatic rings. The molecule has 6 nitrogen and oxygen atoms in total. The number of nitrogens with zero attached hydrogens (tertiary/aromatic N) is 3. The highest BCUT2D eigenvalue weighted by atomic mass is 16.5. The van der Waals surface area contributed by atoms with Gasteiger partial charge in [-0.05, 0) is 25.3 Å². The zero-order valence-electron chi connectivity index (χ0n) is 13.7. The molecular weight excluding hydrogens is 304 g/mol. The van der Waals surface area contributed by atoms with Crippen LogP contribution >= 0.6 is 0 Å². The number of hydrogen-bond acceptors (Lipinski definition) is 4. The van der Waals surface area contributed by atoms with E-state index in [9.17, 15) is 4.79 Å². The maximum Gasteiger partial charge on any atom is 0.256 e. The average molecular weight is 324 g/mol. The summed E-state index contributed by atoms with van der Waals surface area (Å²) in [5.74, 6) is 1.27. The van der Waals surface area contributed by atoms with E-state index in [-0.39, 0.29) is 11.9 Å². The largest absolute Gasteiger partial charge is 0.360 e. The highest BCUT2D eigenvalue weighted by molar-refractivity contribution is 6.06. The molecule has 0 spiro atoms. The number of H-pyrrole nitrogens is 1. The SMILES string of the molecule is CCc1noc(C2CCCCN2C(=O)c2c[nH]c3ccccc23)n1. The third-order valence-corrected chi connectivity index (χ3v) is 4.67. The molecule has 2 aromatic heterocycles. The number of carbonyl (C=O) groups excluding carboxylic acids is 1. The highest BCUT2D eigenvalue weighted by Crippen LogP contribution is 2.32. The Morgan fingerprint density at radius 1 is 1.38 bits per heavy atom. The van der Waals surface area contributed by atoms with E-state index in [4.69, 9.17) is 4.52 Å². The summed E-state index contributed by atoms with van der Waals surface area (Å²) in [6.45, 7) is 2.71. The summed E-state index contributed by atoms with van der Waals surface area (Å²) in [4.78, 5) is 22.7. The summed E-state index contributed by atoms with van der Waals surface area (Å²) >= 11 is 0. The van der Waals surface area contributed by atoms with E-state index < -0.39 is 0 Å². The number of para-hydroxylation sites is 1. The van der Waals surface area contributed by atoms with E-state index in [0.717, 1.165) is 36.6 Å². The molecule has 124 valence electrons. The fraction of sp³-hybridized carbons (Fsp3) is 0.389. The predicted molar refractivity (Wildman–Crippen MR) is 89.6 cm³/mol. The zero-order valence-corrected chi connectivity index (χ0v) is 13.7. The number of aromatic amines is 1. The van der Waals surface area contributed by atoms with Gasteiger partial charge in [0.05, 0.1) is 5.56 Å². The molecule has 6 heteroatoms. The van der Waals surface area contributed by atoms with Crippen LogP contribution in [0.1, 0.15) is 54.3 Å². The molecule has 0 aliphatic carbocycles. The van der Waals surface area contributed by atoms with E-state index in [1.54, 1.807) is 6.20 Å². The number of carbonyl (C=O) groups is 1. The molecular formula is C18H20N4O2. The second kappa shape index (κ2) is 6.11. The molecule has 3 aromatic rings. The molecule has 1 unspecified atom stereocenters. The number of benzene rings is 1. The van der Waals surface area contributed by atoms with Crippen molar-refractivity contribution in [2.45, 2.75) is 38.6 Å². The standard InChI is InChI=1S/C18H20N4O2/c1-2-16-20-17(24-21-16)15-9-5-6-10-22(15)18(23)13-11-19-14-8-4-3-7-12(13)14/h3-4,7-8,11,15,19H,2,5-6,9-10H2,1H3. The lowest BCUT2D eigenvalue weighted by Crippen LogP contribution is -2.38. The maximum atomic E-state index is 13.2. The van der Waals surface area contributed by atoms with Crippen LogP contribution in [0.2, 0.25) is 0 Å². The average Bonchev–Trinajstić information content (AvgIpc) is 3.28. The first-order valence-electron chi connectivity index (χ1n) is 8.47. The second-order valence-electron chi connectivity index (χ2n) is 6.16. The summed E-state index contributed by atoms with van der Waals surface area (Å²) in [6, 6.07) is 7.73. The Bertz CT molecular complexity index is 867. The Labute approximate surface area is 139 Å². The predicted octanol–water partition coefficient (Wildman–Crippen LogP) is 3.48. The van der Waals surface area contributed by atoms with Crippen molar-refractivity contribution in [2.24, 2.45) is 0 Å². The van der Waals surface area contributed by atoms with Crippen molar-refractivity contribution in [3.8, 4) is 0 Å². The third-order valence-electron chi connectivity index (χ3n) is 4.67. The van der Waals surface area contributed by atoms with Crippen LogP contribution in [0.15, 0.2) is 35.0 Å². The summed E-state index contributed by atoms with van der Waals surface area (Å²) < 4.78 is 5.42. The van der Waals surface area contributed by atoms with Crippen LogP contribution in [0.5, 0.6) is 0 Å². The monoisotopic (exact) mass is 324 g/mol. The minimum atomic E-state index is -0.132. The first kappa shape index (κ1) is 14.9. The van der Waals surface area contributed by atoms with Crippen molar-refractivity contribution in [1.82, 2.24) is 20.0 Å². The van der Waals surface area contributed by atoms with Crippen molar-refractivity contribution in [1.29, 1.82) is 0 Å². The van der Waals surface area contributed by atoms with Crippen LogP contribution in [0, 0.1) is 0 Å². The van der Waals surface area contributed by atoms with Crippen LogP contribution in [0.3, 0.4) is 0 Å². The Balaban J connectivity index is 1.68. The molecule has 4 rings (SSSR count). The van der Waals surface area contributed by atoms with Crippen molar-refractivity contribution < 1.29 is 9.32 Å². The Kier molecular flexibility index (Phi) is 3.80. The van der Waals surface area contributed by atoms with Gasteiger partial charge in [0.1, 0.15) is 6.04 Å². The fourth-order valence-corrected chi connectivity index (χ4v) is 3.38. The number of rotatable bonds is 3. The molecule has 1 fully saturated rings. The molecule has 1 amide bonds. The van der Waals surface area contributed by atoms with Gasteiger partial charge in [-0.15, -0.1) is 0 Å². The van der Waals surface area contributed by atoms with E-state index in [2.05, 4.69) is 15.1 Å². The van der Waals surface area contributed by atoms with E-state index in [1.165, 1.54) is 0 Å². The van der Waals surface area contributed by atoms with Gasteiger partial charge in [-0.3, -0.25) is 4.79 Å². The molecule has 24 heavy (non-hydrogen) atoms. The molecule has 1 N–H and O–H groups in total. The van der Waals surface area contributed by atoms with Crippen molar-refractivity contribution in [2.75, 3.05) is 6.54 Å². The van der Waals surface area contributed by atoms with E-state index >= 15 is 0 Å². The van der Waals surface area contributed by atoms with Crippen LogP contribution in [0.4, 0.5) is 0 Å². The van der Waals surface area contributed by atoms with Crippen molar-refractivity contribution in [3.05, 3.63) is 47.7 Å². The highest BCUT2D eigenvalue weighted by Gasteiger charge is 2.33. The molecule has 1 aromatic carbocycles. The van der Waals surface area contributed by atoms with E-state index in [1.807, 2.05) is 36.1 Å². The smallest absolute Gasteiger partial charge is 0.256 e. The second-order valence-corrected chi connectivity index (χ2v) is 6.16. The van der Waals surface area contributed by atoms with Crippen LogP contribution in [-0.4, -0.2) is 32.5 Å². The third kappa shape index (κ3) is 2.48. The van der Waals surface area contributed by atoms with Gasteiger partial charge in [0.25, 0.3) is 5.91 Å². The van der Waals surface area contributed by atoms with Gasteiger partial charge in [-0.2, -0.15) is 4.98 Å². The van der Waals surface area contributed by atoms with Gasteiger partial charge in [0.2, 0.25) is 5.89 Å². The maximum absolute atomic E-state index is 13.2. The topological polar surface area (TPSA) is 75.0 Å². The van der Waals surface area contributed by atoms with Gasteiger partial charge in [-0.1, -0.05) is 30.3 Å². The summed E-state index contributed by atoms with van der Waals surface area (Å²) in [7, 11) is 0. The quantitative estimate of drug-likeness (QED) is 0.800. The molecule has 0 bridgehead atoms. The van der Waals surface area contributed by atoms with Crippen LogP contribution < -0.4 is 0 Å². The Hall–Kier alpha value is -2.63. The number of hydrogen-bond donors (Lipinski definition) is 1. The molecule has 1 atom stereocenters. The van der Waals surface area contributed by atoms with Gasteiger partial charge in [0.15, 0.2) is 5.82 Å². The molecule has 1 saturated heterocycles. The molecule has 1 aliphatic heterocycles. The Morgan fingerprint density at radius 2 is 2.25 bits per heavy atom. The van der Waals surface area contributed by atoms with Crippen LogP contribution in [0.25, 0.3) is 10.9 Å². The number of aryl methyl sites for hydroxylation is 1. The number of nitrogens with one attached hydrogen (secondary N) is 1. The number of aromatic nitrogens is 3. The molecule has 0 radical (unpaired) electrons. The first-order chi connectivity index (χ1) is 11.8. The molecule has 3 heterocycles. The minimum Gasteiger partial charge on any atom is -0.360 e. The number of piperidine rings is 1. The fourth-order valence-electron chi connectivity index (χ4n) is 3.38. The van der Waals surface area contributed by atoms with Gasteiger partial charge in [0, 0.05) is 30.1 Å². The van der Waals surface area contributed by atoms with Crippen molar-refractivity contribution >= 4 is 16.8 Å². The summed E-state index contributed by atoms with van der Waals surface area (Å²) in [5, 5.41) is 4.94. The normalized spacial score (nSPS) is 18.2. The van der Waals surface area contributed by atoms with Crippen LogP contribution in [-0.2, 0) is 6.42 Å². The van der Waals surface area contributed by atoms with Crippen molar-refractivity contribution in [3.63, 3.8) is 0 Å².